The molecule has 0 saturated carbocycles. The van der Waals surface area contributed by atoms with Crippen molar-refractivity contribution < 1.29 is 0 Å². The lowest BCUT2D eigenvalue weighted by molar-refractivity contribution is 0.315. The highest BCUT2D eigenvalue weighted by molar-refractivity contribution is 4.76. The Morgan fingerprint density at radius 2 is 2.40 bits per heavy atom. The Balaban J connectivity index is 2.11. The predicted octanol–water partition coefficient (Wildman–Crippen LogP) is 0.690. The van der Waals surface area contributed by atoms with E-state index in [0.717, 1.165) is 12.6 Å². The summed E-state index contributed by atoms with van der Waals surface area (Å²) in [4.78, 5) is 2.36. The molecular weight excluding hydrogens is 124 g/mol. The normalized spacial score (nSPS) is 26.1. The second kappa shape index (κ2) is 3.94. The van der Waals surface area contributed by atoms with E-state index in [2.05, 4.69) is 24.2 Å². The monoisotopic (exact) mass is 142 g/mol. The molecule has 1 aliphatic rings. The Hall–Kier alpha value is -0.0800. The maximum Gasteiger partial charge on any atom is 0.0195 e. The predicted molar refractivity (Wildman–Crippen MR) is 44.2 cm³/mol. The third-order valence-electron chi connectivity index (χ3n) is 2.23. The van der Waals surface area contributed by atoms with Crippen molar-refractivity contribution in [2.75, 3.05) is 26.7 Å². The molecule has 0 spiro atoms. The van der Waals surface area contributed by atoms with Crippen molar-refractivity contribution in [2.45, 2.75) is 25.8 Å². The van der Waals surface area contributed by atoms with E-state index in [0.29, 0.717) is 0 Å². The topological polar surface area (TPSA) is 15.3 Å². The zero-order chi connectivity index (χ0) is 7.40. The van der Waals surface area contributed by atoms with Gasteiger partial charge in [-0.2, -0.15) is 0 Å². The van der Waals surface area contributed by atoms with Crippen molar-refractivity contribution in [1.29, 1.82) is 0 Å². The van der Waals surface area contributed by atoms with E-state index in [1.807, 2.05) is 0 Å². The quantitative estimate of drug-likeness (QED) is 0.623. The summed E-state index contributed by atoms with van der Waals surface area (Å²) in [6, 6.07) is 0.768. The van der Waals surface area contributed by atoms with E-state index >= 15 is 0 Å². The molecule has 2 heteroatoms. The fraction of sp³-hybridized carbons (Fsp3) is 1.00. The van der Waals surface area contributed by atoms with Gasteiger partial charge < -0.3 is 10.2 Å². The van der Waals surface area contributed by atoms with Crippen LogP contribution >= 0.6 is 0 Å². The molecule has 10 heavy (non-hydrogen) atoms. The van der Waals surface area contributed by atoms with Gasteiger partial charge in [0.2, 0.25) is 0 Å². The highest BCUT2D eigenvalue weighted by Gasteiger charge is 2.14. The van der Waals surface area contributed by atoms with Crippen molar-refractivity contribution >= 4 is 0 Å². The summed E-state index contributed by atoms with van der Waals surface area (Å²) >= 11 is 0. The average molecular weight is 142 g/mol. The number of hydrogen-bond acceptors (Lipinski definition) is 2. The molecule has 1 heterocycles. The van der Waals surface area contributed by atoms with Crippen LogP contribution in [0.4, 0.5) is 0 Å². The molecule has 1 atom stereocenters. The summed E-state index contributed by atoms with van der Waals surface area (Å²) in [7, 11) is 2.18. The lowest BCUT2D eigenvalue weighted by atomic mass is 10.2. The molecule has 1 fully saturated rings. The molecule has 0 bridgehead atoms. The molecule has 60 valence electrons. The van der Waals surface area contributed by atoms with Crippen LogP contribution in [-0.2, 0) is 0 Å². The number of nitrogens with zero attached hydrogens (tertiary/aromatic N) is 1. The summed E-state index contributed by atoms with van der Waals surface area (Å²) in [5.41, 5.74) is 0. The fourth-order valence-corrected chi connectivity index (χ4v) is 1.42. The minimum absolute atomic E-state index is 0.768. The van der Waals surface area contributed by atoms with Crippen LogP contribution in [0.5, 0.6) is 0 Å². The van der Waals surface area contributed by atoms with Gasteiger partial charge in [-0.05, 0) is 33.0 Å². The van der Waals surface area contributed by atoms with Gasteiger partial charge in [-0.1, -0.05) is 6.92 Å². The molecule has 0 amide bonds. The largest absolute Gasteiger partial charge is 0.313 e. The van der Waals surface area contributed by atoms with Gasteiger partial charge in [-0.3, -0.25) is 0 Å². The van der Waals surface area contributed by atoms with Crippen molar-refractivity contribution in [3.8, 4) is 0 Å². The SMILES string of the molecule is CCN(C)C[C@@H]1CCCN1. The van der Waals surface area contributed by atoms with Crippen molar-refractivity contribution in [3.05, 3.63) is 0 Å². The fourth-order valence-electron chi connectivity index (χ4n) is 1.42. The van der Waals surface area contributed by atoms with Crippen molar-refractivity contribution in [1.82, 2.24) is 10.2 Å². The van der Waals surface area contributed by atoms with Gasteiger partial charge in [0.25, 0.3) is 0 Å². The first-order valence-corrected chi connectivity index (χ1v) is 4.25. The summed E-state index contributed by atoms with van der Waals surface area (Å²) in [6.07, 6.45) is 2.73. The molecule has 0 unspecified atom stereocenters. The first-order chi connectivity index (χ1) is 4.83. The maximum absolute atomic E-state index is 3.48. The molecule has 1 rings (SSSR count). The Kier molecular flexibility index (Phi) is 3.16. The second-order valence-electron chi connectivity index (χ2n) is 3.15. The smallest absolute Gasteiger partial charge is 0.0195 e. The minimum atomic E-state index is 0.768. The lowest BCUT2D eigenvalue weighted by Crippen LogP contribution is -2.35. The Bertz CT molecular complexity index is 87.3. The molecule has 0 aliphatic carbocycles. The highest BCUT2D eigenvalue weighted by Crippen LogP contribution is 2.05. The van der Waals surface area contributed by atoms with Crippen LogP contribution < -0.4 is 5.32 Å². The molecule has 1 aliphatic heterocycles. The van der Waals surface area contributed by atoms with E-state index in [9.17, 15) is 0 Å². The van der Waals surface area contributed by atoms with Gasteiger partial charge in [0, 0.05) is 12.6 Å². The minimum Gasteiger partial charge on any atom is -0.313 e. The molecule has 1 N–H and O–H groups in total. The molecule has 1 saturated heterocycles. The first kappa shape index (κ1) is 8.02. The third-order valence-corrected chi connectivity index (χ3v) is 2.23. The first-order valence-electron chi connectivity index (χ1n) is 4.25. The van der Waals surface area contributed by atoms with E-state index in [4.69, 9.17) is 0 Å². The summed E-state index contributed by atoms with van der Waals surface area (Å²) in [6.45, 7) is 5.81. The average Bonchev–Trinajstić information content (AvgIpc) is 2.40. The number of likely N-dealkylation sites (N-methyl/N-ethyl adjacent to an activating group) is 1. The van der Waals surface area contributed by atoms with Gasteiger partial charge in [-0.15, -0.1) is 0 Å². The van der Waals surface area contributed by atoms with Gasteiger partial charge in [0.1, 0.15) is 0 Å². The summed E-state index contributed by atoms with van der Waals surface area (Å²) < 4.78 is 0. The molecule has 0 radical (unpaired) electrons. The van der Waals surface area contributed by atoms with E-state index in [1.165, 1.54) is 25.9 Å². The maximum atomic E-state index is 3.48. The van der Waals surface area contributed by atoms with Crippen LogP contribution in [0.1, 0.15) is 19.8 Å². The van der Waals surface area contributed by atoms with Crippen LogP contribution in [0.3, 0.4) is 0 Å². The molecule has 0 aromatic heterocycles. The Morgan fingerprint density at radius 1 is 1.60 bits per heavy atom. The van der Waals surface area contributed by atoms with Crippen LogP contribution in [0, 0.1) is 0 Å². The summed E-state index contributed by atoms with van der Waals surface area (Å²) in [5, 5.41) is 3.48. The second-order valence-corrected chi connectivity index (χ2v) is 3.15. The molecule has 0 aromatic rings. The zero-order valence-corrected chi connectivity index (χ0v) is 7.06. The van der Waals surface area contributed by atoms with Crippen molar-refractivity contribution in [3.63, 3.8) is 0 Å². The van der Waals surface area contributed by atoms with Gasteiger partial charge in [0.15, 0.2) is 0 Å². The number of hydrogen-bond donors (Lipinski definition) is 1. The van der Waals surface area contributed by atoms with Crippen LogP contribution in [-0.4, -0.2) is 37.6 Å². The van der Waals surface area contributed by atoms with E-state index in [-0.39, 0.29) is 0 Å². The zero-order valence-electron chi connectivity index (χ0n) is 7.06. The highest BCUT2D eigenvalue weighted by atomic mass is 15.1. The Morgan fingerprint density at radius 3 is 2.90 bits per heavy atom. The Labute approximate surface area is 63.6 Å². The van der Waals surface area contributed by atoms with E-state index in [1.54, 1.807) is 0 Å². The molecule has 0 aromatic carbocycles. The standard InChI is InChI=1S/C8H18N2/c1-3-10(2)7-8-5-4-6-9-8/h8-9H,3-7H2,1-2H3/t8-/m0/s1. The summed E-state index contributed by atoms with van der Waals surface area (Å²) in [5.74, 6) is 0. The third kappa shape index (κ3) is 2.27. The van der Waals surface area contributed by atoms with Gasteiger partial charge >= 0.3 is 0 Å². The van der Waals surface area contributed by atoms with E-state index < -0.39 is 0 Å². The van der Waals surface area contributed by atoms with Crippen LogP contribution in [0.2, 0.25) is 0 Å². The van der Waals surface area contributed by atoms with Gasteiger partial charge in [-0.25, -0.2) is 0 Å². The lowest BCUT2D eigenvalue weighted by Gasteiger charge is -2.18. The number of nitrogens with one attached hydrogen (secondary N) is 1. The van der Waals surface area contributed by atoms with Crippen LogP contribution in [0.25, 0.3) is 0 Å². The van der Waals surface area contributed by atoms with Crippen molar-refractivity contribution in [2.24, 2.45) is 0 Å². The van der Waals surface area contributed by atoms with Gasteiger partial charge in [0.05, 0.1) is 0 Å². The number of rotatable bonds is 3. The van der Waals surface area contributed by atoms with Crippen LogP contribution in [0.15, 0.2) is 0 Å². The molecule has 2 nitrogen and oxygen atoms in total. The molecular formula is C8H18N2.